The number of piperidine rings is 1. The van der Waals surface area contributed by atoms with Crippen LogP contribution in [0.25, 0.3) is 10.8 Å². The van der Waals surface area contributed by atoms with E-state index in [1.54, 1.807) is 36.4 Å². The van der Waals surface area contributed by atoms with Crippen LogP contribution in [0.1, 0.15) is 12.8 Å². The van der Waals surface area contributed by atoms with Gasteiger partial charge < -0.3 is 5.32 Å². The second-order valence-electron chi connectivity index (χ2n) is 7.30. The van der Waals surface area contributed by atoms with E-state index in [4.69, 9.17) is 23.2 Å². The van der Waals surface area contributed by atoms with Gasteiger partial charge in [-0.2, -0.15) is 4.31 Å². The molecule has 156 valence electrons. The van der Waals surface area contributed by atoms with Gasteiger partial charge in [0.1, 0.15) is 0 Å². The first-order chi connectivity index (χ1) is 14.4. The van der Waals surface area contributed by atoms with Crippen LogP contribution < -0.4 is 5.32 Å². The molecule has 0 saturated carbocycles. The predicted octanol–water partition coefficient (Wildman–Crippen LogP) is 5.19. The monoisotopic (exact) mass is 462 g/mol. The lowest BCUT2D eigenvalue weighted by molar-refractivity contribution is -0.120. The van der Waals surface area contributed by atoms with Crippen LogP contribution in [-0.4, -0.2) is 31.7 Å². The van der Waals surface area contributed by atoms with Crippen molar-refractivity contribution in [2.75, 3.05) is 18.4 Å². The molecule has 1 atom stereocenters. The third-order valence-corrected chi connectivity index (χ3v) is 8.00. The first-order valence-corrected chi connectivity index (χ1v) is 11.8. The highest BCUT2D eigenvalue weighted by Gasteiger charge is 2.33. The summed E-state index contributed by atoms with van der Waals surface area (Å²) >= 11 is 12.2. The van der Waals surface area contributed by atoms with E-state index in [9.17, 15) is 13.2 Å². The van der Waals surface area contributed by atoms with Gasteiger partial charge in [0.15, 0.2) is 0 Å². The van der Waals surface area contributed by atoms with Gasteiger partial charge in [-0.3, -0.25) is 4.79 Å². The van der Waals surface area contributed by atoms with Gasteiger partial charge in [0.05, 0.1) is 26.5 Å². The number of hydrogen-bond donors (Lipinski definition) is 1. The summed E-state index contributed by atoms with van der Waals surface area (Å²) < 4.78 is 27.8. The summed E-state index contributed by atoms with van der Waals surface area (Å²) in [6, 6.07) is 17.7. The minimum atomic E-state index is -3.70. The zero-order valence-electron chi connectivity index (χ0n) is 16.0. The maximum absolute atomic E-state index is 13.2. The normalized spacial score (nSPS) is 17.7. The van der Waals surface area contributed by atoms with Gasteiger partial charge in [0, 0.05) is 13.1 Å². The topological polar surface area (TPSA) is 66.5 Å². The van der Waals surface area contributed by atoms with Crippen molar-refractivity contribution in [2.45, 2.75) is 17.7 Å². The van der Waals surface area contributed by atoms with Crippen molar-refractivity contribution in [2.24, 2.45) is 5.92 Å². The third kappa shape index (κ3) is 4.18. The largest absolute Gasteiger partial charge is 0.324 e. The van der Waals surface area contributed by atoms with E-state index in [1.807, 2.05) is 24.3 Å². The molecule has 1 N–H and O–H groups in total. The Hall–Kier alpha value is -2.12. The van der Waals surface area contributed by atoms with Gasteiger partial charge in [0.2, 0.25) is 15.9 Å². The van der Waals surface area contributed by atoms with Crippen molar-refractivity contribution in [3.8, 4) is 0 Å². The lowest BCUT2D eigenvalue weighted by Crippen LogP contribution is -2.43. The number of rotatable bonds is 4. The molecule has 0 spiro atoms. The molecular weight excluding hydrogens is 443 g/mol. The standard InChI is InChI=1S/C22H20Cl2N2O3S/c23-19-8-3-9-20(21(19)24)25-22(27)17-7-4-12-26(14-17)30(28,29)18-11-10-15-5-1-2-6-16(15)13-18/h1-3,5-6,8-11,13,17H,4,7,12,14H2,(H,25,27)/t17-/m1/s1. The SMILES string of the molecule is O=C(Nc1cccc(Cl)c1Cl)[C@@H]1CCCN(S(=O)(=O)c2ccc3ccccc3c2)C1. The summed E-state index contributed by atoms with van der Waals surface area (Å²) in [5.74, 6) is -0.735. The number of sulfonamides is 1. The number of anilines is 1. The van der Waals surface area contributed by atoms with Gasteiger partial charge in [-0.25, -0.2) is 8.42 Å². The number of carbonyl (C=O) groups is 1. The Morgan fingerprint density at radius 3 is 2.57 bits per heavy atom. The van der Waals surface area contributed by atoms with Gasteiger partial charge in [-0.15, -0.1) is 0 Å². The van der Waals surface area contributed by atoms with E-state index in [0.29, 0.717) is 30.1 Å². The molecule has 4 rings (SSSR count). The number of nitrogens with one attached hydrogen (secondary N) is 1. The minimum Gasteiger partial charge on any atom is -0.324 e. The number of carbonyl (C=O) groups excluding carboxylic acids is 1. The fraction of sp³-hybridized carbons (Fsp3) is 0.227. The van der Waals surface area contributed by atoms with Crippen LogP contribution in [0.4, 0.5) is 5.69 Å². The van der Waals surface area contributed by atoms with E-state index < -0.39 is 15.9 Å². The van der Waals surface area contributed by atoms with E-state index in [2.05, 4.69) is 5.32 Å². The molecule has 1 heterocycles. The summed E-state index contributed by atoms with van der Waals surface area (Å²) in [6.45, 7) is 0.510. The summed E-state index contributed by atoms with van der Waals surface area (Å²) in [5, 5.41) is 5.23. The number of halogens is 2. The average Bonchev–Trinajstić information content (AvgIpc) is 2.76. The molecule has 3 aromatic rings. The summed E-state index contributed by atoms with van der Waals surface area (Å²) in [6.07, 6.45) is 1.21. The van der Waals surface area contributed by atoms with E-state index in [-0.39, 0.29) is 22.4 Å². The summed E-state index contributed by atoms with van der Waals surface area (Å²) in [5.41, 5.74) is 0.420. The third-order valence-electron chi connectivity index (χ3n) is 5.32. The number of hydrogen-bond acceptors (Lipinski definition) is 3. The Morgan fingerprint density at radius 2 is 1.77 bits per heavy atom. The lowest BCUT2D eigenvalue weighted by Gasteiger charge is -2.31. The first-order valence-electron chi connectivity index (χ1n) is 9.60. The van der Waals surface area contributed by atoms with Crippen LogP contribution in [0.3, 0.4) is 0 Å². The van der Waals surface area contributed by atoms with E-state index in [1.165, 1.54) is 4.31 Å². The first kappa shape index (κ1) is 21.1. The Labute approximate surface area is 185 Å². The zero-order valence-corrected chi connectivity index (χ0v) is 18.3. The van der Waals surface area contributed by atoms with Gasteiger partial charge >= 0.3 is 0 Å². The molecule has 1 aliphatic heterocycles. The van der Waals surface area contributed by atoms with Crippen molar-refractivity contribution >= 4 is 55.6 Å². The summed E-state index contributed by atoms with van der Waals surface area (Å²) in [4.78, 5) is 13.0. The highest BCUT2D eigenvalue weighted by Crippen LogP contribution is 2.31. The quantitative estimate of drug-likeness (QED) is 0.580. The van der Waals surface area contributed by atoms with Gasteiger partial charge in [0.25, 0.3) is 0 Å². The molecule has 3 aromatic carbocycles. The van der Waals surface area contributed by atoms with Gasteiger partial charge in [-0.05, 0) is 47.9 Å². The zero-order chi connectivity index (χ0) is 21.3. The molecule has 0 bridgehead atoms. The van der Waals surface area contributed by atoms with Gasteiger partial charge in [-0.1, -0.05) is 59.6 Å². The molecule has 8 heteroatoms. The minimum absolute atomic E-state index is 0.124. The van der Waals surface area contributed by atoms with Crippen molar-refractivity contribution in [1.29, 1.82) is 0 Å². The molecule has 0 aromatic heterocycles. The van der Waals surface area contributed by atoms with E-state index in [0.717, 1.165) is 10.8 Å². The van der Waals surface area contributed by atoms with Crippen molar-refractivity contribution < 1.29 is 13.2 Å². The lowest BCUT2D eigenvalue weighted by atomic mass is 9.99. The second-order valence-corrected chi connectivity index (χ2v) is 10.0. The molecule has 0 unspecified atom stereocenters. The Balaban J connectivity index is 1.53. The highest BCUT2D eigenvalue weighted by molar-refractivity contribution is 7.89. The molecule has 0 aliphatic carbocycles. The van der Waals surface area contributed by atoms with Crippen LogP contribution >= 0.6 is 23.2 Å². The average molecular weight is 463 g/mol. The maximum Gasteiger partial charge on any atom is 0.243 e. The number of benzene rings is 3. The molecular formula is C22H20Cl2N2O3S. The maximum atomic E-state index is 13.2. The van der Waals surface area contributed by atoms with Crippen molar-refractivity contribution in [3.63, 3.8) is 0 Å². The Morgan fingerprint density at radius 1 is 1.00 bits per heavy atom. The molecule has 1 aliphatic rings. The number of nitrogens with zero attached hydrogens (tertiary/aromatic N) is 1. The summed E-state index contributed by atoms with van der Waals surface area (Å²) in [7, 11) is -3.70. The van der Waals surface area contributed by atoms with Crippen molar-refractivity contribution in [3.05, 3.63) is 70.7 Å². The second kappa shape index (κ2) is 8.55. The molecule has 5 nitrogen and oxygen atoms in total. The van der Waals surface area contributed by atoms with Crippen LogP contribution in [0.2, 0.25) is 10.0 Å². The molecule has 1 fully saturated rings. The molecule has 30 heavy (non-hydrogen) atoms. The van der Waals surface area contributed by atoms with E-state index >= 15 is 0 Å². The smallest absolute Gasteiger partial charge is 0.243 e. The number of amides is 1. The Bertz CT molecular complexity index is 1210. The van der Waals surface area contributed by atoms with Crippen LogP contribution in [-0.2, 0) is 14.8 Å². The Kier molecular flexibility index (Phi) is 6.02. The fourth-order valence-corrected chi connectivity index (χ4v) is 5.59. The van der Waals surface area contributed by atoms with Crippen LogP contribution in [0.15, 0.2) is 65.6 Å². The molecule has 1 amide bonds. The molecule has 0 radical (unpaired) electrons. The highest BCUT2D eigenvalue weighted by atomic mass is 35.5. The predicted molar refractivity (Wildman–Crippen MR) is 121 cm³/mol. The van der Waals surface area contributed by atoms with Crippen LogP contribution in [0, 0.1) is 5.92 Å². The molecule has 1 saturated heterocycles. The fourth-order valence-electron chi connectivity index (χ4n) is 3.69. The number of fused-ring (bicyclic) bond motifs is 1. The van der Waals surface area contributed by atoms with Crippen molar-refractivity contribution in [1.82, 2.24) is 4.31 Å². The van der Waals surface area contributed by atoms with Crippen LogP contribution in [0.5, 0.6) is 0 Å².